The van der Waals surface area contributed by atoms with Crippen LogP contribution in [0.1, 0.15) is 27.7 Å². The Kier molecular flexibility index (Phi) is 8.02. The summed E-state index contributed by atoms with van der Waals surface area (Å²) < 4.78 is 5.74. The lowest BCUT2D eigenvalue weighted by molar-refractivity contribution is 0.0748. The Morgan fingerprint density at radius 2 is 1.13 bits per heavy atom. The van der Waals surface area contributed by atoms with Crippen molar-refractivity contribution in [3.63, 3.8) is 0 Å². The second kappa shape index (κ2) is 8.08. The fourth-order valence-electron chi connectivity index (χ4n) is 1.54. The van der Waals surface area contributed by atoms with Gasteiger partial charge in [-0.05, 0) is 25.9 Å². The molecule has 0 amide bonds. The summed E-state index contributed by atoms with van der Waals surface area (Å²) in [5, 5.41) is 6.55. The average Bonchev–Trinajstić information content (AvgIpc) is 2.17. The van der Waals surface area contributed by atoms with Crippen LogP contribution in [0.2, 0.25) is 0 Å². The molecule has 0 fully saturated rings. The van der Waals surface area contributed by atoms with Crippen molar-refractivity contribution in [2.75, 3.05) is 27.3 Å². The van der Waals surface area contributed by atoms with Crippen LogP contribution in [0.3, 0.4) is 0 Å². The van der Waals surface area contributed by atoms with Gasteiger partial charge >= 0.3 is 0 Å². The highest BCUT2D eigenvalue weighted by molar-refractivity contribution is 4.70. The lowest BCUT2D eigenvalue weighted by atomic mass is 10.0. The van der Waals surface area contributed by atoms with Gasteiger partial charge in [0, 0.05) is 12.1 Å². The normalized spacial score (nSPS) is 16.0. The van der Waals surface area contributed by atoms with Crippen molar-refractivity contribution in [3.8, 4) is 0 Å². The Bertz CT molecular complexity index is 133. The Labute approximate surface area is 95.0 Å². The standard InChI is InChI=1S/C12H28N2O/c1-9(2)11(13-5)7-15-8-12(14-6)10(3)4/h9-14H,7-8H2,1-6H3. The van der Waals surface area contributed by atoms with Crippen molar-refractivity contribution in [1.82, 2.24) is 10.6 Å². The van der Waals surface area contributed by atoms with E-state index >= 15 is 0 Å². The number of nitrogens with one attached hydrogen (secondary N) is 2. The number of hydrogen-bond acceptors (Lipinski definition) is 3. The molecule has 0 rings (SSSR count). The van der Waals surface area contributed by atoms with E-state index in [1.807, 2.05) is 14.1 Å². The van der Waals surface area contributed by atoms with Crippen LogP contribution >= 0.6 is 0 Å². The van der Waals surface area contributed by atoms with Gasteiger partial charge in [0.2, 0.25) is 0 Å². The van der Waals surface area contributed by atoms with Crippen LogP contribution < -0.4 is 10.6 Å². The zero-order valence-electron chi connectivity index (χ0n) is 11.1. The maximum Gasteiger partial charge on any atom is 0.0622 e. The van der Waals surface area contributed by atoms with Gasteiger partial charge in [0.15, 0.2) is 0 Å². The highest BCUT2D eigenvalue weighted by atomic mass is 16.5. The van der Waals surface area contributed by atoms with E-state index in [4.69, 9.17) is 4.74 Å². The average molecular weight is 216 g/mol. The predicted octanol–water partition coefficient (Wildman–Crippen LogP) is 1.49. The second-order valence-electron chi connectivity index (χ2n) is 4.82. The first-order chi connectivity index (χ1) is 7.02. The van der Waals surface area contributed by atoms with Gasteiger partial charge in [-0.1, -0.05) is 27.7 Å². The Morgan fingerprint density at radius 3 is 1.33 bits per heavy atom. The molecule has 3 nitrogen and oxygen atoms in total. The first-order valence-corrected chi connectivity index (χ1v) is 5.95. The molecule has 0 bridgehead atoms. The van der Waals surface area contributed by atoms with E-state index in [1.165, 1.54) is 0 Å². The summed E-state index contributed by atoms with van der Waals surface area (Å²) in [6.45, 7) is 10.4. The quantitative estimate of drug-likeness (QED) is 0.645. The van der Waals surface area contributed by atoms with E-state index in [2.05, 4.69) is 38.3 Å². The molecular weight excluding hydrogens is 188 g/mol. The van der Waals surface area contributed by atoms with Crippen molar-refractivity contribution < 1.29 is 4.74 Å². The molecule has 92 valence electrons. The zero-order valence-corrected chi connectivity index (χ0v) is 11.1. The summed E-state index contributed by atoms with van der Waals surface area (Å²) in [5.41, 5.74) is 0. The minimum Gasteiger partial charge on any atom is -0.378 e. The van der Waals surface area contributed by atoms with Crippen LogP contribution in [0, 0.1) is 11.8 Å². The van der Waals surface area contributed by atoms with E-state index in [-0.39, 0.29) is 0 Å². The van der Waals surface area contributed by atoms with E-state index < -0.39 is 0 Å². The highest BCUT2D eigenvalue weighted by Crippen LogP contribution is 2.04. The number of rotatable bonds is 8. The lowest BCUT2D eigenvalue weighted by Crippen LogP contribution is -2.39. The Hall–Kier alpha value is -0.120. The van der Waals surface area contributed by atoms with E-state index in [0.29, 0.717) is 23.9 Å². The molecule has 0 aromatic rings. The van der Waals surface area contributed by atoms with Gasteiger partial charge in [-0.2, -0.15) is 0 Å². The largest absolute Gasteiger partial charge is 0.378 e. The third-order valence-corrected chi connectivity index (χ3v) is 2.95. The Balaban J connectivity index is 3.75. The molecule has 0 aromatic heterocycles. The van der Waals surface area contributed by atoms with Crippen LogP contribution in [-0.2, 0) is 4.74 Å². The van der Waals surface area contributed by atoms with Crippen molar-refractivity contribution in [2.45, 2.75) is 39.8 Å². The van der Waals surface area contributed by atoms with Gasteiger partial charge < -0.3 is 15.4 Å². The molecule has 0 spiro atoms. The molecule has 0 saturated carbocycles. The van der Waals surface area contributed by atoms with Gasteiger partial charge in [0.1, 0.15) is 0 Å². The van der Waals surface area contributed by atoms with Crippen molar-refractivity contribution in [1.29, 1.82) is 0 Å². The summed E-state index contributed by atoms with van der Waals surface area (Å²) in [4.78, 5) is 0. The first-order valence-electron chi connectivity index (χ1n) is 5.95. The van der Waals surface area contributed by atoms with Crippen LogP contribution in [0.25, 0.3) is 0 Å². The molecule has 0 saturated heterocycles. The fraction of sp³-hybridized carbons (Fsp3) is 1.00. The van der Waals surface area contributed by atoms with Gasteiger partial charge in [-0.25, -0.2) is 0 Å². The maximum absolute atomic E-state index is 5.74. The SMILES string of the molecule is CNC(COCC(NC)C(C)C)C(C)C. The summed E-state index contributed by atoms with van der Waals surface area (Å²) in [5.74, 6) is 1.23. The van der Waals surface area contributed by atoms with Crippen molar-refractivity contribution in [3.05, 3.63) is 0 Å². The molecule has 0 aliphatic carbocycles. The molecular formula is C12H28N2O. The molecule has 0 aliphatic heterocycles. The summed E-state index contributed by atoms with van der Waals surface area (Å²) >= 11 is 0. The molecule has 3 heteroatoms. The van der Waals surface area contributed by atoms with Crippen molar-refractivity contribution >= 4 is 0 Å². The molecule has 0 heterocycles. The molecule has 0 aliphatic rings. The molecule has 2 unspecified atom stereocenters. The minimum atomic E-state index is 0.453. The molecule has 0 radical (unpaired) electrons. The number of hydrogen-bond donors (Lipinski definition) is 2. The summed E-state index contributed by atoms with van der Waals surface area (Å²) in [6.07, 6.45) is 0. The van der Waals surface area contributed by atoms with Crippen LogP contribution in [-0.4, -0.2) is 39.4 Å². The third-order valence-electron chi connectivity index (χ3n) is 2.95. The molecule has 0 aromatic carbocycles. The van der Waals surface area contributed by atoms with Crippen molar-refractivity contribution in [2.24, 2.45) is 11.8 Å². The van der Waals surface area contributed by atoms with E-state index in [0.717, 1.165) is 13.2 Å². The van der Waals surface area contributed by atoms with Crippen LogP contribution in [0.15, 0.2) is 0 Å². The predicted molar refractivity (Wildman–Crippen MR) is 66.2 cm³/mol. The first kappa shape index (κ1) is 14.9. The summed E-state index contributed by atoms with van der Waals surface area (Å²) in [7, 11) is 3.98. The monoisotopic (exact) mass is 216 g/mol. The molecule has 2 N–H and O–H groups in total. The maximum atomic E-state index is 5.74. The van der Waals surface area contributed by atoms with Crippen LogP contribution in [0.5, 0.6) is 0 Å². The third kappa shape index (κ3) is 6.13. The second-order valence-corrected chi connectivity index (χ2v) is 4.82. The van der Waals surface area contributed by atoms with Gasteiger partial charge in [-0.3, -0.25) is 0 Å². The van der Waals surface area contributed by atoms with Gasteiger partial charge in [0.25, 0.3) is 0 Å². The minimum absolute atomic E-state index is 0.453. The topological polar surface area (TPSA) is 33.3 Å². The van der Waals surface area contributed by atoms with Gasteiger partial charge in [-0.15, -0.1) is 0 Å². The lowest BCUT2D eigenvalue weighted by Gasteiger charge is -2.24. The molecule has 2 atom stereocenters. The van der Waals surface area contributed by atoms with Gasteiger partial charge in [0.05, 0.1) is 13.2 Å². The fourth-order valence-corrected chi connectivity index (χ4v) is 1.54. The molecule has 15 heavy (non-hydrogen) atoms. The highest BCUT2D eigenvalue weighted by Gasteiger charge is 2.14. The number of likely N-dealkylation sites (N-methyl/N-ethyl adjacent to an activating group) is 2. The Morgan fingerprint density at radius 1 is 0.800 bits per heavy atom. The van der Waals surface area contributed by atoms with E-state index in [1.54, 1.807) is 0 Å². The van der Waals surface area contributed by atoms with Crippen LogP contribution in [0.4, 0.5) is 0 Å². The smallest absolute Gasteiger partial charge is 0.0622 e. The zero-order chi connectivity index (χ0) is 11.8. The van der Waals surface area contributed by atoms with E-state index in [9.17, 15) is 0 Å². The number of ether oxygens (including phenoxy) is 1. The summed E-state index contributed by atoms with van der Waals surface area (Å²) in [6, 6.07) is 0.907.